The largest absolute Gasteiger partial charge is 0.507 e. The fraction of sp³-hybridized carbons (Fsp3) is 0.364. The van der Waals surface area contributed by atoms with E-state index in [1.165, 1.54) is 11.0 Å². The Morgan fingerprint density at radius 1 is 1.50 bits per heavy atom. The number of hydrogen-bond acceptors (Lipinski definition) is 3. The van der Waals surface area contributed by atoms with Gasteiger partial charge in [-0.2, -0.15) is 0 Å². The van der Waals surface area contributed by atoms with E-state index in [9.17, 15) is 19.4 Å². The Balaban J connectivity index is 2.21. The van der Waals surface area contributed by atoms with Crippen LogP contribution in [0.15, 0.2) is 18.2 Å². The van der Waals surface area contributed by atoms with Crippen LogP contribution in [0.2, 0.25) is 0 Å². The lowest BCUT2D eigenvalue weighted by Gasteiger charge is -2.16. The maximum Gasteiger partial charge on any atom is 0.257 e. The van der Waals surface area contributed by atoms with Gasteiger partial charge in [0, 0.05) is 19.2 Å². The van der Waals surface area contributed by atoms with Crippen LogP contribution >= 0.6 is 0 Å². The molecule has 0 aromatic heterocycles. The average molecular weight is 225 g/mol. The van der Waals surface area contributed by atoms with Gasteiger partial charge < -0.3 is 15.1 Å². The van der Waals surface area contributed by atoms with Crippen LogP contribution in [0, 0.1) is 5.82 Å². The van der Waals surface area contributed by atoms with Crippen molar-refractivity contribution in [1.82, 2.24) is 4.90 Å². The summed E-state index contributed by atoms with van der Waals surface area (Å²) in [7, 11) is 0. The van der Waals surface area contributed by atoms with E-state index >= 15 is 0 Å². The maximum absolute atomic E-state index is 12.7. The van der Waals surface area contributed by atoms with E-state index in [0.717, 1.165) is 12.1 Å². The summed E-state index contributed by atoms with van der Waals surface area (Å²) >= 11 is 0. The van der Waals surface area contributed by atoms with Crippen LogP contribution in [0.25, 0.3) is 0 Å². The average Bonchev–Trinajstić information content (AvgIpc) is 2.64. The summed E-state index contributed by atoms with van der Waals surface area (Å²) in [5, 5.41) is 18.7. The second kappa shape index (κ2) is 4.09. The summed E-state index contributed by atoms with van der Waals surface area (Å²) in [4.78, 5) is 13.3. The van der Waals surface area contributed by atoms with E-state index in [4.69, 9.17) is 0 Å². The molecule has 1 heterocycles. The van der Waals surface area contributed by atoms with Crippen molar-refractivity contribution in [2.24, 2.45) is 0 Å². The number of halogens is 1. The number of rotatable bonds is 1. The minimum atomic E-state index is -0.587. The van der Waals surface area contributed by atoms with Crippen molar-refractivity contribution in [1.29, 1.82) is 0 Å². The van der Waals surface area contributed by atoms with Crippen molar-refractivity contribution in [3.63, 3.8) is 0 Å². The Labute approximate surface area is 91.9 Å². The van der Waals surface area contributed by atoms with Crippen LogP contribution in [0.4, 0.5) is 4.39 Å². The number of amides is 1. The van der Waals surface area contributed by atoms with Crippen LogP contribution in [0.5, 0.6) is 5.75 Å². The third-order valence-corrected chi connectivity index (χ3v) is 2.64. The van der Waals surface area contributed by atoms with E-state index in [-0.39, 0.29) is 23.8 Å². The highest BCUT2D eigenvalue weighted by Gasteiger charge is 2.26. The van der Waals surface area contributed by atoms with E-state index in [0.29, 0.717) is 13.0 Å². The van der Waals surface area contributed by atoms with Crippen molar-refractivity contribution in [3.05, 3.63) is 29.6 Å². The van der Waals surface area contributed by atoms with Crippen molar-refractivity contribution in [2.75, 3.05) is 13.1 Å². The minimum Gasteiger partial charge on any atom is -0.507 e. The molecular weight excluding hydrogens is 213 g/mol. The Bertz CT molecular complexity index is 422. The number of hydrogen-bond donors (Lipinski definition) is 2. The standard InChI is InChI=1S/C11H12FNO3/c12-7-1-2-9(10(15)5-7)11(16)13-4-3-8(14)6-13/h1-2,5,8,14-15H,3-4,6H2/t8-/m0/s1. The molecule has 1 amide bonds. The molecule has 1 saturated heterocycles. The van der Waals surface area contributed by atoms with Gasteiger partial charge in [0.2, 0.25) is 0 Å². The quantitative estimate of drug-likeness (QED) is 0.741. The van der Waals surface area contributed by atoms with Gasteiger partial charge in [-0.05, 0) is 18.6 Å². The molecule has 1 aliphatic rings. The number of nitrogens with zero attached hydrogens (tertiary/aromatic N) is 1. The summed E-state index contributed by atoms with van der Waals surface area (Å²) in [6, 6.07) is 3.27. The summed E-state index contributed by atoms with van der Waals surface area (Å²) in [6.07, 6.45) is 0.0276. The molecule has 0 unspecified atom stereocenters. The van der Waals surface area contributed by atoms with Crippen molar-refractivity contribution in [3.8, 4) is 5.75 Å². The lowest BCUT2D eigenvalue weighted by molar-refractivity contribution is 0.0762. The van der Waals surface area contributed by atoms with Crippen molar-refractivity contribution < 1.29 is 19.4 Å². The normalized spacial score (nSPS) is 20.1. The summed E-state index contributed by atoms with van der Waals surface area (Å²) in [5.74, 6) is -1.34. The Morgan fingerprint density at radius 2 is 2.25 bits per heavy atom. The van der Waals surface area contributed by atoms with Crippen molar-refractivity contribution >= 4 is 5.91 Å². The second-order valence-corrected chi connectivity index (χ2v) is 3.86. The lowest BCUT2D eigenvalue weighted by Crippen LogP contribution is -2.29. The predicted molar refractivity (Wildman–Crippen MR) is 54.6 cm³/mol. The van der Waals surface area contributed by atoms with E-state index in [1.807, 2.05) is 0 Å². The van der Waals surface area contributed by atoms with Gasteiger partial charge >= 0.3 is 0 Å². The fourth-order valence-corrected chi connectivity index (χ4v) is 1.78. The minimum absolute atomic E-state index is 0.0653. The molecule has 1 aliphatic heterocycles. The number of benzene rings is 1. The number of aromatic hydroxyl groups is 1. The summed E-state index contributed by atoms with van der Waals surface area (Å²) in [6.45, 7) is 0.715. The molecule has 2 N–H and O–H groups in total. The molecule has 0 spiro atoms. The van der Waals surface area contributed by atoms with E-state index in [1.54, 1.807) is 0 Å². The zero-order chi connectivity index (χ0) is 11.7. The Hall–Kier alpha value is -1.62. The smallest absolute Gasteiger partial charge is 0.257 e. The van der Waals surface area contributed by atoms with Gasteiger partial charge in [0.1, 0.15) is 11.6 Å². The number of phenols is 1. The number of phenolic OH excluding ortho intramolecular Hbond substituents is 1. The number of carbonyl (C=O) groups excluding carboxylic acids is 1. The summed E-state index contributed by atoms with van der Waals surface area (Å²) in [5.41, 5.74) is 0.0653. The number of carbonyl (C=O) groups is 1. The topological polar surface area (TPSA) is 60.8 Å². The number of aliphatic hydroxyl groups is 1. The first-order valence-electron chi connectivity index (χ1n) is 5.04. The Morgan fingerprint density at radius 3 is 2.81 bits per heavy atom. The Kier molecular flexibility index (Phi) is 2.78. The van der Waals surface area contributed by atoms with Crippen molar-refractivity contribution in [2.45, 2.75) is 12.5 Å². The molecule has 0 radical (unpaired) electrons. The molecule has 1 fully saturated rings. The number of likely N-dealkylation sites (tertiary alicyclic amines) is 1. The molecule has 4 nitrogen and oxygen atoms in total. The van der Waals surface area contributed by atoms with Crippen LogP contribution in [-0.4, -0.2) is 40.2 Å². The molecule has 16 heavy (non-hydrogen) atoms. The highest BCUT2D eigenvalue weighted by atomic mass is 19.1. The predicted octanol–water partition coefficient (Wildman–Crippen LogP) is 0.738. The number of β-amino-alcohol motifs (C(OH)–C–C–N with tert-alkyl or cyclic N) is 1. The number of aliphatic hydroxyl groups excluding tert-OH is 1. The highest BCUT2D eigenvalue weighted by molar-refractivity contribution is 5.97. The van der Waals surface area contributed by atoms with Crippen LogP contribution in [0.1, 0.15) is 16.8 Å². The van der Waals surface area contributed by atoms with Gasteiger partial charge in [-0.1, -0.05) is 0 Å². The third kappa shape index (κ3) is 1.99. The molecule has 0 bridgehead atoms. The molecule has 1 atom stereocenters. The van der Waals surface area contributed by atoms with Gasteiger partial charge in [0.05, 0.1) is 11.7 Å². The van der Waals surface area contributed by atoms with Crippen LogP contribution in [0.3, 0.4) is 0 Å². The zero-order valence-corrected chi connectivity index (χ0v) is 8.56. The van der Waals surface area contributed by atoms with Crippen LogP contribution in [-0.2, 0) is 0 Å². The second-order valence-electron chi connectivity index (χ2n) is 3.86. The molecular formula is C11H12FNO3. The highest BCUT2D eigenvalue weighted by Crippen LogP contribution is 2.22. The first kappa shape index (κ1) is 10.9. The van der Waals surface area contributed by atoms with Crippen LogP contribution < -0.4 is 0 Å². The SMILES string of the molecule is O=C(c1ccc(F)cc1O)N1CC[C@H](O)C1. The molecule has 2 rings (SSSR count). The van der Waals surface area contributed by atoms with E-state index in [2.05, 4.69) is 0 Å². The van der Waals surface area contributed by atoms with Gasteiger partial charge in [-0.25, -0.2) is 4.39 Å². The first-order valence-corrected chi connectivity index (χ1v) is 5.04. The molecule has 1 aromatic rings. The first-order chi connectivity index (χ1) is 7.58. The van der Waals surface area contributed by atoms with E-state index < -0.39 is 11.9 Å². The zero-order valence-electron chi connectivity index (χ0n) is 8.56. The van der Waals surface area contributed by atoms with Gasteiger partial charge in [-0.15, -0.1) is 0 Å². The molecule has 5 heteroatoms. The molecule has 1 aromatic carbocycles. The molecule has 0 saturated carbocycles. The molecule has 0 aliphatic carbocycles. The maximum atomic E-state index is 12.7. The van der Waals surface area contributed by atoms with Gasteiger partial charge in [0.15, 0.2) is 0 Å². The van der Waals surface area contributed by atoms with Gasteiger partial charge in [-0.3, -0.25) is 4.79 Å². The van der Waals surface area contributed by atoms with Gasteiger partial charge in [0.25, 0.3) is 5.91 Å². The molecule has 86 valence electrons. The third-order valence-electron chi connectivity index (χ3n) is 2.64. The monoisotopic (exact) mass is 225 g/mol. The fourth-order valence-electron chi connectivity index (χ4n) is 1.78. The summed E-state index contributed by atoms with van der Waals surface area (Å²) < 4.78 is 12.7. The lowest BCUT2D eigenvalue weighted by atomic mass is 10.1.